The van der Waals surface area contributed by atoms with Crippen molar-refractivity contribution in [3.63, 3.8) is 0 Å². The number of thioether (sulfide) groups is 1. The van der Waals surface area contributed by atoms with E-state index in [1.807, 2.05) is 16.3 Å². The Morgan fingerprint density at radius 1 is 1.42 bits per heavy atom. The molecule has 3 heterocycles. The number of aromatic nitrogens is 2. The number of hydrogen-bond acceptors (Lipinski definition) is 4. The molecule has 0 aromatic carbocycles. The first-order valence-electron chi connectivity index (χ1n) is 6.90. The number of hydrogen-bond donors (Lipinski definition) is 0. The van der Waals surface area contributed by atoms with Gasteiger partial charge in [-0.25, -0.2) is 4.98 Å². The van der Waals surface area contributed by atoms with Crippen molar-refractivity contribution in [1.82, 2.24) is 9.55 Å². The van der Waals surface area contributed by atoms with Gasteiger partial charge in [0.25, 0.3) is 5.56 Å². The van der Waals surface area contributed by atoms with Crippen LogP contribution in [0.4, 0.5) is 0 Å². The summed E-state index contributed by atoms with van der Waals surface area (Å²) in [6.07, 6.45) is 6.65. The third-order valence-corrected chi connectivity index (χ3v) is 6.58. The SMILES string of the molecule is O=c1c2c3c(sc2ncn1CC1CCC1)CSCC3. The summed E-state index contributed by atoms with van der Waals surface area (Å²) in [5.41, 5.74) is 1.49. The minimum absolute atomic E-state index is 0.196. The average Bonchev–Trinajstić information content (AvgIpc) is 2.75. The van der Waals surface area contributed by atoms with Crippen LogP contribution in [0.5, 0.6) is 0 Å². The van der Waals surface area contributed by atoms with Crippen molar-refractivity contribution in [2.45, 2.75) is 38.0 Å². The molecule has 0 atom stereocenters. The van der Waals surface area contributed by atoms with Gasteiger partial charge in [0.2, 0.25) is 0 Å². The van der Waals surface area contributed by atoms with Gasteiger partial charge in [0, 0.05) is 17.2 Å². The largest absolute Gasteiger partial charge is 0.298 e. The third kappa shape index (κ3) is 1.94. The Kier molecular flexibility index (Phi) is 2.92. The summed E-state index contributed by atoms with van der Waals surface area (Å²) in [4.78, 5) is 19.5. The summed E-state index contributed by atoms with van der Waals surface area (Å²) in [6.45, 7) is 0.862. The van der Waals surface area contributed by atoms with Crippen LogP contribution >= 0.6 is 23.1 Å². The summed E-state index contributed by atoms with van der Waals surface area (Å²) < 4.78 is 1.85. The van der Waals surface area contributed by atoms with E-state index in [9.17, 15) is 4.79 Å². The lowest BCUT2D eigenvalue weighted by Gasteiger charge is -2.25. The Balaban J connectivity index is 1.83. The number of fused-ring (bicyclic) bond motifs is 3. The molecule has 2 aliphatic rings. The highest BCUT2D eigenvalue weighted by Crippen LogP contribution is 2.35. The zero-order valence-corrected chi connectivity index (χ0v) is 12.4. The molecule has 5 heteroatoms. The number of aryl methyl sites for hydroxylation is 1. The van der Waals surface area contributed by atoms with Gasteiger partial charge in [-0.2, -0.15) is 11.8 Å². The Bertz CT molecular complexity index is 685. The molecule has 0 amide bonds. The lowest BCUT2D eigenvalue weighted by atomic mass is 9.85. The van der Waals surface area contributed by atoms with Crippen molar-refractivity contribution in [3.8, 4) is 0 Å². The molecule has 1 aliphatic heterocycles. The van der Waals surface area contributed by atoms with E-state index in [1.165, 1.54) is 29.7 Å². The maximum absolute atomic E-state index is 12.7. The molecule has 1 fully saturated rings. The van der Waals surface area contributed by atoms with E-state index >= 15 is 0 Å². The first-order valence-corrected chi connectivity index (χ1v) is 8.87. The fourth-order valence-electron chi connectivity index (χ4n) is 2.93. The van der Waals surface area contributed by atoms with Gasteiger partial charge < -0.3 is 0 Å². The molecular formula is C14H16N2OS2. The molecule has 0 spiro atoms. The van der Waals surface area contributed by atoms with Crippen molar-refractivity contribution in [2.75, 3.05) is 5.75 Å². The smallest absolute Gasteiger partial charge is 0.262 e. The maximum atomic E-state index is 12.7. The molecule has 100 valence electrons. The van der Waals surface area contributed by atoms with E-state index in [4.69, 9.17) is 0 Å². The molecule has 0 bridgehead atoms. The standard InChI is InChI=1S/C14H16N2OS2/c17-14-12-10-4-5-18-7-11(10)19-13(12)15-8-16(14)6-9-2-1-3-9/h8-9H,1-7H2. The second kappa shape index (κ2) is 4.63. The van der Waals surface area contributed by atoms with Crippen molar-refractivity contribution in [1.29, 1.82) is 0 Å². The van der Waals surface area contributed by atoms with Crippen LogP contribution in [0.3, 0.4) is 0 Å². The molecule has 4 rings (SSSR count). The summed E-state index contributed by atoms with van der Waals surface area (Å²) in [6, 6.07) is 0. The summed E-state index contributed by atoms with van der Waals surface area (Å²) >= 11 is 3.68. The van der Waals surface area contributed by atoms with E-state index in [1.54, 1.807) is 17.7 Å². The van der Waals surface area contributed by atoms with Crippen LogP contribution in [-0.4, -0.2) is 15.3 Å². The van der Waals surface area contributed by atoms with Crippen molar-refractivity contribution >= 4 is 33.3 Å². The van der Waals surface area contributed by atoms with Gasteiger partial charge in [-0.15, -0.1) is 11.3 Å². The van der Waals surface area contributed by atoms with E-state index in [-0.39, 0.29) is 5.56 Å². The second-order valence-corrected chi connectivity index (χ2v) is 7.67. The van der Waals surface area contributed by atoms with Gasteiger partial charge in [0.15, 0.2) is 0 Å². The Labute approximate surface area is 120 Å². The van der Waals surface area contributed by atoms with Crippen molar-refractivity contribution < 1.29 is 0 Å². The molecule has 2 aromatic rings. The first-order chi connectivity index (χ1) is 9.33. The lowest BCUT2D eigenvalue weighted by molar-refractivity contribution is 0.273. The minimum atomic E-state index is 0.196. The fraction of sp³-hybridized carbons (Fsp3) is 0.571. The highest BCUT2D eigenvalue weighted by Gasteiger charge is 2.22. The van der Waals surface area contributed by atoms with Gasteiger partial charge in [-0.1, -0.05) is 6.42 Å². The lowest BCUT2D eigenvalue weighted by Crippen LogP contribution is -2.27. The van der Waals surface area contributed by atoms with Crippen LogP contribution < -0.4 is 5.56 Å². The molecule has 0 N–H and O–H groups in total. The van der Waals surface area contributed by atoms with E-state index < -0.39 is 0 Å². The van der Waals surface area contributed by atoms with Gasteiger partial charge >= 0.3 is 0 Å². The Morgan fingerprint density at radius 3 is 3.11 bits per heavy atom. The number of rotatable bonds is 2. The zero-order valence-electron chi connectivity index (χ0n) is 10.7. The summed E-state index contributed by atoms with van der Waals surface area (Å²) in [5.74, 6) is 2.88. The normalized spacial score (nSPS) is 19.4. The zero-order chi connectivity index (χ0) is 12.8. The predicted molar refractivity (Wildman–Crippen MR) is 81.1 cm³/mol. The van der Waals surface area contributed by atoms with Crippen LogP contribution in [0, 0.1) is 5.92 Å². The van der Waals surface area contributed by atoms with E-state index in [0.717, 1.165) is 34.7 Å². The molecule has 19 heavy (non-hydrogen) atoms. The highest BCUT2D eigenvalue weighted by atomic mass is 32.2. The molecule has 2 aromatic heterocycles. The molecule has 0 radical (unpaired) electrons. The quantitative estimate of drug-likeness (QED) is 0.853. The van der Waals surface area contributed by atoms with Crippen LogP contribution in [0.2, 0.25) is 0 Å². The third-order valence-electron chi connectivity index (χ3n) is 4.27. The minimum Gasteiger partial charge on any atom is -0.298 e. The topological polar surface area (TPSA) is 34.9 Å². The maximum Gasteiger partial charge on any atom is 0.262 e. The van der Waals surface area contributed by atoms with Gasteiger partial charge in [0.1, 0.15) is 4.83 Å². The molecular weight excluding hydrogens is 276 g/mol. The molecule has 1 aliphatic carbocycles. The highest BCUT2D eigenvalue weighted by molar-refractivity contribution is 7.98. The Morgan fingerprint density at radius 2 is 2.32 bits per heavy atom. The van der Waals surface area contributed by atoms with Crippen molar-refractivity contribution in [2.24, 2.45) is 5.92 Å². The number of thiophene rings is 1. The van der Waals surface area contributed by atoms with Gasteiger partial charge in [-0.05, 0) is 36.5 Å². The second-order valence-electron chi connectivity index (χ2n) is 5.49. The molecule has 3 nitrogen and oxygen atoms in total. The van der Waals surface area contributed by atoms with Crippen LogP contribution in [0.25, 0.3) is 10.2 Å². The van der Waals surface area contributed by atoms with Gasteiger partial charge in [-0.3, -0.25) is 9.36 Å². The summed E-state index contributed by atoms with van der Waals surface area (Å²) in [7, 11) is 0. The first kappa shape index (κ1) is 12.0. The summed E-state index contributed by atoms with van der Waals surface area (Å²) in [5, 5.41) is 0.919. The molecule has 0 unspecified atom stereocenters. The number of nitrogens with zero attached hydrogens (tertiary/aromatic N) is 2. The predicted octanol–water partition coefficient (Wildman–Crippen LogP) is 3.05. The van der Waals surface area contributed by atoms with Crippen LogP contribution in [-0.2, 0) is 18.7 Å². The van der Waals surface area contributed by atoms with Crippen LogP contribution in [0.1, 0.15) is 29.7 Å². The molecule has 1 saturated carbocycles. The van der Waals surface area contributed by atoms with E-state index in [0.29, 0.717) is 5.92 Å². The average molecular weight is 292 g/mol. The van der Waals surface area contributed by atoms with Crippen molar-refractivity contribution in [3.05, 3.63) is 27.1 Å². The fourth-order valence-corrected chi connectivity index (χ4v) is 5.24. The van der Waals surface area contributed by atoms with E-state index in [2.05, 4.69) is 4.98 Å². The molecule has 0 saturated heterocycles. The Hall–Kier alpha value is -0.810. The monoisotopic (exact) mass is 292 g/mol. The van der Waals surface area contributed by atoms with Crippen LogP contribution in [0.15, 0.2) is 11.1 Å². The van der Waals surface area contributed by atoms with Gasteiger partial charge in [0.05, 0.1) is 11.7 Å².